The van der Waals surface area contributed by atoms with Gasteiger partial charge in [0.05, 0.1) is 0 Å². The Morgan fingerprint density at radius 2 is 1.22 bits per heavy atom. The predicted octanol–water partition coefficient (Wildman–Crippen LogP) is 7.25. The highest BCUT2D eigenvalue weighted by atomic mass is 31.1. The number of allylic oxidation sites excluding steroid dienone is 6. The van der Waals surface area contributed by atoms with Gasteiger partial charge < -0.3 is 0 Å². The van der Waals surface area contributed by atoms with E-state index in [0.717, 1.165) is 0 Å². The molecule has 0 aromatic heterocycles. The van der Waals surface area contributed by atoms with Crippen LogP contribution in [-0.4, -0.2) is 5.80 Å². The van der Waals surface area contributed by atoms with Crippen LogP contribution in [0.2, 0.25) is 0 Å². The van der Waals surface area contributed by atoms with Crippen LogP contribution in [0.1, 0.15) is 79.0 Å². The summed E-state index contributed by atoms with van der Waals surface area (Å²) in [5.74, 6) is 2.75. The Morgan fingerprint density at radius 3 is 1.63 bits per heavy atom. The van der Waals surface area contributed by atoms with Crippen LogP contribution in [0.4, 0.5) is 0 Å². The minimum atomic E-state index is 0.123. The monoisotopic (exact) mass is 380 g/mol. The molecule has 1 aliphatic carbocycles. The summed E-state index contributed by atoms with van der Waals surface area (Å²) in [5.41, 5.74) is 4.79. The van der Waals surface area contributed by atoms with Gasteiger partial charge in [-0.3, -0.25) is 0 Å². The van der Waals surface area contributed by atoms with Crippen molar-refractivity contribution in [3.63, 3.8) is 0 Å². The Bertz CT molecular complexity index is 734. The van der Waals surface area contributed by atoms with Crippen molar-refractivity contribution in [2.45, 2.75) is 78.6 Å². The molecule has 1 aromatic carbocycles. The molecule has 0 spiro atoms. The fraction of sp³-hybridized carbons (Fsp3) is 0.500. The Labute approximate surface area is 169 Å². The van der Waals surface area contributed by atoms with Gasteiger partial charge in [0, 0.05) is 11.2 Å². The van der Waals surface area contributed by atoms with Crippen LogP contribution >= 0.6 is 8.20 Å². The van der Waals surface area contributed by atoms with E-state index in [0.29, 0.717) is 5.92 Å². The van der Waals surface area contributed by atoms with E-state index >= 15 is 0 Å². The van der Waals surface area contributed by atoms with Crippen LogP contribution in [0.3, 0.4) is 0 Å². The second-order valence-corrected chi connectivity index (χ2v) is 11.7. The minimum absolute atomic E-state index is 0.123. The molecule has 0 saturated carbocycles. The molecule has 1 aliphatic rings. The maximum atomic E-state index is 2.46. The van der Waals surface area contributed by atoms with Crippen molar-refractivity contribution in [1.29, 1.82) is 0 Å². The number of hydrogen-bond donors (Lipinski definition) is 0. The third kappa shape index (κ3) is 5.79. The zero-order chi connectivity index (χ0) is 20.5. The molecule has 0 N–H and O–H groups in total. The summed E-state index contributed by atoms with van der Waals surface area (Å²) in [4.78, 5) is 0. The Morgan fingerprint density at radius 1 is 0.741 bits per heavy atom. The van der Waals surface area contributed by atoms with Gasteiger partial charge in [-0.1, -0.05) is 119 Å². The summed E-state index contributed by atoms with van der Waals surface area (Å²) < 4.78 is 0. The van der Waals surface area contributed by atoms with Crippen molar-refractivity contribution in [2.24, 2.45) is 5.92 Å². The lowest BCUT2D eigenvalue weighted by Crippen LogP contribution is -2.29. The van der Waals surface area contributed by atoms with Gasteiger partial charge in [-0.05, 0) is 38.7 Å². The van der Waals surface area contributed by atoms with Crippen LogP contribution in [0, 0.1) is 5.92 Å². The molecule has 0 atom stereocenters. The van der Waals surface area contributed by atoms with E-state index in [9.17, 15) is 0 Å². The van der Waals surface area contributed by atoms with Gasteiger partial charge in [-0.15, -0.1) is 0 Å². The summed E-state index contributed by atoms with van der Waals surface area (Å²) in [5, 5.41) is 1.48. The van der Waals surface area contributed by atoms with E-state index in [1.54, 1.807) is 0 Å². The first-order valence-electron chi connectivity index (χ1n) is 10.1. The van der Waals surface area contributed by atoms with E-state index in [1.807, 2.05) is 0 Å². The van der Waals surface area contributed by atoms with E-state index in [2.05, 4.69) is 117 Å². The van der Waals surface area contributed by atoms with Crippen LogP contribution in [0.5, 0.6) is 0 Å². The van der Waals surface area contributed by atoms with Crippen molar-refractivity contribution < 1.29 is 0 Å². The molecule has 0 heterocycles. The minimum Gasteiger partial charge on any atom is -0.0738 e. The van der Waals surface area contributed by atoms with E-state index in [1.165, 1.54) is 30.2 Å². The molecule has 2 rings (SSSR count). The fourth-order valence-corrected chi connectivity index (χ4v) is 4.64. The van der Waals surface area contributed by atoms with Gasteiger partial charge in [0.15, 0.2) is 0 Å². The zero-order valence-corrected chi connectivity index (χ0v) is 19.6. The molecule has 0 nitrogen and oxygen atoms in total. The molecule has 1 aromatic rings. The summed E-state index contributed by atoms with van der Waals surface area (Å²) in [6.45, 7) is 21.0. The molecule has 0 amide bonds. The summed E-state index contributed by atoms with van der Waals surface area (Å²) in [7, 11) is 1.28. The van der Waals surface area contributed by atoms with Crippen molar-refractivity contribution in [3.05, 3.63) is 65.3 Å². The summed E-state index contributed by atoms with van der Waals surface area (Å²) in [6, 6.07) is 4.91. The molecular weight excluding hydrogens is 343 g/mol. The Kier molecular flexibility index (Phi) is 6.43. The Hall–Kier alpha value is -1.39. The third-order valence-electron chi connectivity index (χ3n) is 4.99. The normalized spacial score (nSPS) is 16.3. The molecule has 0 radical (unpaired) electrons. The SMILES string of the molecule is CC(C)(C)c1cc(C(C)(C)C)c(P=C/C=C/C2C=CC=C2)c(C(C)(C)C)c1. The third-order valence-corrected chi connectivity index (χ3v) is 6.05. The maximum Gasteiger partial charge on any atom is 0.0136 e. The molecule has 1 heteroatoms. The molecule has 146 valence electrons. The van der Waals surface area contributed by atoms with Crippen molar-refractivity contribution >= 4 is 19.3 Å². The first-order chi connectivity index (χ1) is 12.3. The molecule has 0 unspecified atom stereocenters. The maximum absolute atomic E-state index is 2.46. The second-order valence-electron chi connectivity index (χ2n) is 10.7. The Balaban J connectivity index is 2.58. The van der Waals surface area contributed by atoms with Crippen LogP contribution in [0.15, 0.2) is 48.6 Å². The lowest BCUT2D eigenvalue weighted by atomic mass is 9.75. The first kappa shape index (κ1) is 21.9. The first-order valence-corrected chi connectivity index (χ1v) is 11.0. The van der Waals surface area contributed by atoms with Gasteiger partial charge in [0.1, 0.15) is 0 Å². The van der Waals surface area contributed by atoms with E-state index in [4.69, 9.17) is 0 Å². The highest BCUT2D eigenvalue weighted by Crippen LogP contribution is 2.35. The van der Waals surface area contributed by atoms with Gasteiger partial charge in [0.25, 0.3) is 0 Å². The van der Waals surface area contributed by atoms with E-state index in [-0.39, 0.29) is 16.2 Å². The highest BCUT2D eigenvalue weighted by molar-refractivity contribution is 7.47. The second kappa shape index (κ2) is 7.92. The molecule has 0 saturated heterocycles. The zero-order valence-electron chi connectivity index (χ0n) is 18.7. The van der Waals surface area contributed by atoms with E-state index < -0.39 is 0 Å². The lowest BCUT2D eigenvalue weighted by Gasteiger charge is -2.32. The highest BCUT2D eigenvalue weighted by Gasteiger charge is 2.28. The summed E-state index contributed by atoms with van der Waals surface area (Å²) >= 11 is 0. The van der Waals surface area contributed by atoms with Crippen molar-refractivity contribution in [1.82, 2.24) is 0 Å². The van der Waals surface area contributed by atoms with Crippen molar-refractivity contribution in [3.8, 4) is 0 Å². The topological polar surface area (TPSA) is 0 Å². The summed E-state index contributed by atoms with van der Waals surface area (Å²) in [6.07, 6.45) is 13.2. The van der Waals surface area contributed by atoms with Gasteiger partial charge in [-0.2, -0.15) is 0 Å². The molecular formula is C26H37P. The van der Waals surface area contributed by atoms with Gasteiger partial charge >= 0.3 is 0 Å². The molecule has 0 fully saturated rings. The number of hydrogen-bond acceptors (Lipinski definition) is 0. The lowest BCUT2D eigenvalue weighted by molar-refractivity contribution is 0.554. The van der Waals surface area contributed by atoms with Crippen LogP contribution < -0.4 is 5.30 Å². The average Bonchev–Trinajstić information content (AvgIpc) is 3.01. The predicted molar refractivity (Wildman–Crippen MR) is 126 cm³/mol. The van der Waals surface area contributed by atoms with Gasteiger partial charge in [0.2, 0.25) is 0 Å². The van der Waals surface area contributed by atoms with Crippen LogP contribution in [-0.2, 0) is 16.2 Å². The number of rotatable bonds is 3. The smallest absolute Gasteiger partial charge is 0.0136 e. The quantitative estimate of drug-likeness (QED) is 0.484. The molecule has 0 bridgehead atoms. The van der Waals surface area contributed by atoms with Crippen LogP contribution in [0.25, 0.3) is 0 Å². The average molecular weight is 381 g/mol. The largest absolute Gasteiger partial charge is 0.0738 e. The van der Waals surface area contributed by atoms with Gasteiger partial charge in [-0.25, -0.2) is 0 Å². The standard InChI is InChI=1S/C26H37P/c1-24(2,3)20-17-21(25(4,5)6)23(22(18-20)26(7,8)9)27-16-12-15-19-13-10-11-14-19/h10-19H,1-9H3/b15-12+. The molecule has 0 aliphatic heterocycles. The molecule has 27 heavy (non-hydrogen) atoms. The fourth-order valence-electron chi connectivity index (χ4n) is 3.22. The van der Waals surface area contributed by atoms with Crippen molar-refractivity contribution in [2.75, 3.05) is 0 Å². The number of benzene rings is 1.